The molecule has 0 radical (unpaired) electrons. The maximum absolute atomic E-state index is 12.8. The number of aromatic amines is 1. The zero-order valence-electron chi connectivity index (χ0n) is 15.4. The van der Waals surface area contributed by atoms with Gasteiger partial charge in [-0.3, -0.25) is 9.59 Å². The summed E-state index contributed by atoms with van der Waals surface area (Å²) in [6, 6.07) is 12.7. The lowest BCUT2D eigenvalue weighted by molar-refractivity contribution is -0.115. The smallest absolute Gasteiger partial charge is 0.272 e. The zero-order chi connectivity index (χ0) is 19.5. The minimum atomic E-state index is -0.262. The molecule has 0 bridgehead atoms. The predicted molar refractivity (Wildman–Crippen MR) is 112 cm³/mol. The van der Waals surface area contributed by atoms with E-state index in [2.05, 4.69) is 20.4 Å². The lowest BCUT2D eigenvalue weighted by atomic mass is 10.1. The number of H-pyrrole nitrogens is 1. The van der Waals surface area contributed by atoms with Gasteiger partial charge < -0.3 is 10.2 Å². The van der Waals surface area contributed by atoms with Gasteiger partial charge in [-0.2, -0.15) is 5.10 Å². The van der Waals surface area contributed by atoms with E-state index in [0.29, 0.717) is 27.2 Å². The van der Waals surface area contributed by atoms with Gasteiger partial charge in [-0.05, 0) is 43.5 Å². The summed E-state index contributed by atoms with van der Waals surface area (Å²) >= 11 is 6.17. The number of carbonyl (C=O) groups is 1. The van der Waals surface area contributed by atoms with Gasteiger partial charge in [0.25, 0.3) is 5.56 Å². The van der Waals surface area contributed by atoms with Gasteiger partial charge in [0.2, 0.25) is 5.91 Å². The number of hydrogen-bond acceptors (Lipinski definition) is 4. The fraction of sp³-hybridized carbons (Fsp3) is 0.286. The van der Waals surface area contributed by atoms with Crippen molar-refractivity contribution in [1.29, 1.82) is 0 Å². The third-order valence-electron chi connectivity index (χ3n) is 5.03. The molecule has 4 rings (SSSR count). The minimum Gasteiger partial charge on any atom is -0.370 e. The second kappa shape index (κ2) is 8.02. The molecular weight excluding hydrogens is 376 g/mol. The van der Waals surface area contributed by atoms with Crippen molar-refractivity contribution in [2.24, 2.45) is 0 Å². The first-order valence-corrected chi connectivity index (χ1v) is 9.80. The summed E-state index contributed by atoms with van der Waals surface area (Å²) in [5.74, 6) is -0.203. The Labute approximate surface area is 167 Å². The predicted octanol–water partition coefficient (Wildman–Crippen LogP) is 3.75. The topological polar surface area (TPSA) is 78.1 Å². The van der Waals surface area contributed by atoms with E-state index in [1.165, 1.54) is 6.42 Å². The quantitative estimate of drug-likeness (QED) is 0.704. The summed E-state index contributed by atoms with van der Waals surface area (Å²) in [5, 5.41) is 11.3. The second-order valence-corrected chi connectivity index (χ2v) is 7.42. The standard InChI is InChI=1S/C21H21ClN4O2/c22-14-8-9-19(26-10-4-1-5-11-26)18(12-14)23-20(27)13-17-15-6-2-3-7-16(15)21(28)25-24-17/h2-3,6-9,12H,1,4-5,10-11,13H2,(H,23,27)(H,25,28). The molecule has 0 saturated carbocycles. The van der Waals surface area contributed by atoms with Crippen molar-refractivity contribution in [2.75, 3.05) is 23.3 Å². The largest absolute Gasteiger partial charge is 0.370 e. The third kappa shape index (κ3) is 3.87. The van der Waals surface area contributed by atoms with Gasteiger partial charge >= 0.3 is 0 Å². The Morgan fingerprint density at radius 1 is 1.11 bits per heavy atom. The summed E-state index contributed by atoms with van der Waals surface area (Å²) in [4.78, 5) is 27.0. The fourth-order valence-corrected chi connectivity index (χ4v) is 3.84. The van der Waals surface area contributed by atoms with Crippen molar-refractivity contribution in [3.8, 4) is 0 Å². The minimum absolute atomic E-state index is 0.0588. The van der Waals surface area contributed by atoms with Gasteiger partial charge in [0.15, 0.2) is 0 Å². The molecule has 2 heterocycles. The molecule has 0 atom stereocenters. The Morgan fingerprint density at radius 3 is 2.64 bits per heavy atom. The highest BCUT2D eigenvalue weighted by Gasteiger charge is 2.17. The van der Waals surface area contributed by atoms with Crippen LogP contribution in [-0.4, -0.2) is 29.2 Å². The highest BCUT2D eigenvalue weighted by atomic mass is 35.5. The van der Waals surface area contributed by atoms with Crippen molar-refractivity contribution in [3.63, 3.8) is 0 Å². The Hall–Kier alpha value is -2.86. The van der Waals surface area contributed by atoms with Crippen LogP contribution in [-0.2, 0) is 11.2 Å². The Bertz CT molecular complexity index is 1070. The molecule has 1 aliphatic heterocycles. The van der Waals surface area contributed by atoms with E-state index in [9.17, 15) is 9.59 Å². The van der Waals surface area contributed by atoms with Crippen LogP contribution >= 0.6 is 11.6 Å². The van der Waals surface area contributed by atoms with Crippen LogP contribution in [0.3, 0.4) is 0 Å². The number of nitrogens with zero attached hydrogens (tertiary/aromatic N) is 2. The Balaban J connectivity index is 1.59. The van der Waals surface area contributed by atoms with Gasteiger partial charge in [0.1, 0.15) is 0 Å². The van der Waals surface area contributed by atoms with Gasteiger partial charge in [0, 0.05) is 23.5 Å². The highest BCUT2D eigenvalue weighted by molar-refractivity contribution is 6.31. The molecule has 144 valence electrons. The van der Waals surface area contributed by atoms with Gasteiger partial charge in [-0.25, -0.2) is 5.10 Å². The molecule has 0 unspecified atom stereocenters. The Kier molecular flexibility index (Phi) is 5.30. The molecule has 0 spiro atoms. The lowest BCUT2D eigenvalue weighted by Crippen LogP contribution is -2.30. The van der Waals surface area contributed by atoms with Crippen molar-refractivity contribution in [1.82, 2.24) is 10.2 Å². The summed E-state index contributed by atoms with van der Waals surface area (Å²) < 4.78 is 0. The van der Waals surface area contributed by atoms with Crippen molar-refractivity contribution >= 4 is 39.7 Å². The molecule has 1 aromatic heterocycles. The number of amides is 1. The average molecular weight is 397 g/mol. The van der Waals surface area contributed by atoms with Crippen molar-refractivity contribution in [2.45, 2.75) is 25.7 Å². The van der Waals surface area contributed by atoms with E-state index in [0.717, 1.165) is 31.6 Å². The summed E-state index contributed by atoms with van der Waals surface area (Å²) in [7, 11) is 0. The molecule has 1 fully saturated rings. The Morgan fingerprint density at radius 2 is 1.86 bits per heavy atom. The average Bonchev–Trinajstić information content (AvgIpc) is 2.71. The molecule has 1 aliphatic rings. The number of rotatable bonds is 4. The van der Waals surface area contributed by atoms with Crippen LogP contribution in [0.5, 0.6) is 0 Å². The first-order chi connectivity index (χ1) is 13.6. The number of benzene rings is 2. The maximum Gasteiger partial charge on any atom is 0.272 e. The molecule has 3 aromatic rings. The number of halogens is 1. The number of anilines is 2. The van der Waals surface area contributed by atoms with Crippen molar-refractivity contribution < 1.29 is 4.79 Å². The number of nitrogens with one attached hydrogen (secondary N) is 2. The maximum atomic E-state index is 12.8. The van der Waals surface area contributed by atoms with Crippen LogP contribution in [0.4, 0.5) is 11.4 Å². The molecule has 2 N–H and O–H groups in total. The molecule has 0 aliphatic carbocycles. The third-order valence-corrected chi connectivity index (χ3v) is 5.27. The van der Waals surface area contributed by atoms with Crippen LogP contribution in [0, 0.1) is 0 Å². The van der Waals surface area contributed by atoms with Crippen LogP contribution < -0.4 is 15.8 Å². The SMILES string of the molecule is O=C(Cc1n[nH]c(=O)c2ccccc12)Nc1cc(Cl)ccc1N1CCCCC1. The number of piperidine rings is 1. The number of carbonyl (C=O) groups excluding carboxylic acids is 1. The van der Waals surface area contributed by atoms with E-state index in [-0.39, 0.29) is 17.9 Å². The van der Waals surface area contributed by atoms with Gasteiger partial charge in [0.05, 0.1) is 28.9 Å². The number of hydrogen-bond donors (Lipinski definition) is 2. The number of fused-ring (bicyclic) bond motifs is 1. The summed E-state index contributed by atoms with van der Waals surface area (Å²) in [6.07, 6.45) is 3.58. The molecule has 2 aromatic carbocycles. The van der Waals surface area contributed by atoms with E-state index < -0.39 is 0 Å². The van der Waals surface area contributed by atoms with E-state index in [4.69, 9.17) is 11.6 Å². The van der Waals surface area contributed by atoms with Gasteiger partial charge in [-0.15, -0.1) is 0 Å². The van der Waals surface area contributed by atoms with E-state index >= 15 is 0 Å². The van der Waals surface area contributed by atoms with Crippen LogP contribution in [0.25, 0.3) is 10.8 Å². The van der Waals surface area contributed by atoms with E-state index in [1.54, 1.807) is 24.3 Å². The summed E-state index contributed by atoms with van der Waals surface area (Å²) in [5.41, 5.74) is 1.96. The van der Waals surface area contributed by atoms with Crippen molar-refractivity contribution in [3.05, 3.63) is 63.5 Å². The monoisotopic (exact) mass is 396 g/mol. The zero-order valence-corrected chi connectivity index (χ0v) is 16.1. The molecular formula is C21H21ClN4O2. The highest BCUT2D eigenvalue weighted by Crippen LogP contribution is 2.31. The molecule has 1 saturated heterocycles. The van der Waals surface area contributed by atoms with E-state index in [1.807, 2.05) is 18.2 Å². The van der Waals surface area contributed by atoms with Crippen LogP contribution in [0.15, 0.2) is 47.3 Å². The normalized spacial score (nSPS) is 14.2. The fourth-order valence-electron chi connectivity index (χ4n) is 3.67. The van der Waals surface area contributed by atoms with Gasteiger partial charge in [-0.1, -0.05) is 29.8 Å². The molecule has 6 nitrogen and oxygen atoms in total. The summed E-state index contributed by atoms with van der Waals surface area (Å²) in [6.45, 7) is 1.94. The second-order valence-electron chi connectivity index (χ2n) is 6.98. The van der Waals surface area contributed by atoms with Crippen LogP contribution in [0.1, 0.15) is 25.0 Å². The lowest BCUT2D eigenvalue weighted by Gasteiger charge is -2.30. The first kappa shape index (κ1) is 18.5. The molecule has 28 heavy (non-hydrogen) atoms. The number of aromatic nitrogens is 2. The first-order valence-electron chi connectivity index (χ1n) is 9.42. The molecule has 1 amide bonds. The molecule has 7 heteroatoms. The van der Waals surface area contributed by atoms with Crippen LogP contribution in [0.2, 0.25) is 5.02 Å².